The molecule has 0 spiro atoms. The molecule has 2 aromatic carbocycles. The van der Waals surface area contributed by atoms with E-state index in [0.29, 0.717) is 29.3 Å². The molecule has 132 valence electrons. The maximum Gasteiger partial charge on any atom is 0.240 e. The number of ether oxygens (including phenoxy) is 2. The van der Waals surface area contributed by atoms with Crippen LogP contribution in [0.1, 0.15) is 18.1 Å². The fourth-order valence-electron chi connectivity index (χ4n) is 2.62. The third kappa shape index (κ3) is 3.75. The SMILES string of the molecule is CC(=O)N(CC(=O)NCc1ccc2c(c1)OCO2)c1ccccc1C#N. The molecule has 1 aliphatic heterocycles. The molecule has 0 aliphatic carbocycles. The molecule has 2 aromatic rings. The molecule has 0 fully saturated rings. The van der Waals surface area contributed by atoms with Crippen LogP contribution in [0.2, 0.25) is 0 Å². The molecule has 0 bridgehead atoms. The molecule has 7 heteroatoms. The van der Waals surface area contributed by atoms with Crippen LogP contribution in [-0.2, 0) is 16.1 Å². The highest BCUT2D eigenvalue weighted by Crippen LogP contribution is 2.32. The van der Waals surface area contributed by atoms with Crippen LogP contribution in [0.5, 0.6) is 11.5 Å². The Labute approximate surface area is 150 Å². The first kappa shape index (κ1) is 17.3. The Morgan fingerprint density at radius 1 is 1.19 bits per heavy atom. The average Bonchev–Trinajstić information content (AvgIpc) is 3.12. The molecule has 2 amide bonds. The molecular weight excluding hydrogens is 334 g/mol. The van der Waals surface area contributed by atoms with Gasteiger partial charge in [0.15, 0.2) is 11.5 Å². The third-order valence-corrected chi connectivity index (χ3v) is 3.92. The monoisotopic (exact) mass is 351 g/mol. The summed E-state index contributed by atoms with van der Waals surface area (Å²) >= 11 is 0. The van der Waals surface area contributed by atoms with Gasteiger partial charge < -0.3 is 19.7 Å². The molecule has 1 N–H and O–H groups in total. The third-order valence-electron chi connectivity index (χ3n) is 3.92. The van der Waals surface area contributed by atoms with Gasteiger partial charge in [-0.25, -0.2) is 0 Å². The minimum Gasteiger partial charge on any atom is -0.454 e. The summed E-state index contributed by atoms with van der Waals surface area (Å²) in [5.41, 5.74) is 1.61. The Kier molecular flexibility index (Phi) is 5.04. The van der Waals surface area contributed by atoms with Crippen LogP contribution in [0.25, 0.3) is 0 Å². The van der Waals surface area contributed by atoms with Crippen molar-refractivity contribution in [3.63, 3.8) is 0 Å². The predicted molar refractivity (Wildman–Crippen MR) is 93.6 cm³/mol. The normalized spacial score (nSPS) is 11.5. The van der Waals surface area contributed by atoms with Crippen LogP contribution < -0.4 is 19.7 Å². The van der Waals surface area contributed by atoms with E-state index in [2.05, 4.69) is 5.32 Å². The van der Waals surface area contributed by atoms with E-state index < -0.39 is 0 Å². The van der Waals surface area contributed by atoms with Crippen molar-refractivity contribution < 1.29 is 19.1 Å². The van der Waals surface area contributed by atoms with Gasteiger partial charge in [-0.15, -0.1) is 0 Å². The lowest BCUT2D eigenvalue weighted by molar-refractivity contribution is -0.123. The van der Waals surface area contributed by atoms with Gasteiger partial charge in [-0.05, 0) is 29.8 Å². The first-order valence-corrected chi connectivity index (χ1v) is 8.01. The van der Waals surface area contributed by atoms with Crippen LogP contribution in [0.3, 0.4) is 0 Å². The first-order valence-electron chi connectivity index (χ1n) is 8.01. The lowest BCUT2D eigenvalue weighted by Gasteiger charge is -2.21. The topological polar surface area (TPSA) is 91.7 Å². The molecule has 0 atom stereocenters. The lowest BCUT2D eigenvalue weighted by atomic mass is 10.1. The second kappa shape index (κ2) is 7.57. The number of nitrogens with one attached hydrogen (secondary N) is 1. The number of rotatable bonds is 5. The number of hydrogen-bond donors (Lipinski definition) is 1. The highest BCUT2D eigenvalue weighted by molar-refractivity contribution is 5.98. The highest BCUT2D eigenvalue weighted by atomic mass is 16.7. The molecule has 1 aliphatic rings. The first-order chi connectivity index (χ1) is 12.6. The van der Waals surface area contributed by atoms with Crippen molar-refractivity contribution in [3.8, 4) is 17.6 Å². The van der Waals surface area contributed by atoms with E-state index in [1.54, 1.807) is 36.4 Å². The molecule has 0 unspecified atom stereocenters. The number of anilines is 1. The highest BCUT2D eigenvalue weighted by Gasteiger charge is 2.19. The summed E-state index contributed by atoms with van der Waals surface area (Å²) in [6.07, 6.45) is 0. The summed E-state index contributed by atoms with van der Waals surface area (Å²) in [5, 5.41) is 12.0. The zero-order valence-corrected chi connectivity index (χ0v) is 14.2. The summed E-state index contributed by atoms with van der Waals surface area (Å²) in [7, 11) is 0. The van der Waals surface area contributed by atoms with E-state index >= 15 is 0 Å². The van der Waals surface area contributed by atoms with Gasteiger partial charge in [0.1, 0.15) is 12.6 Å². The largest absolute Gasteiger partial charge is 0.454 e. The van der Waals surface area contributed by atoms with Crippen LogP contribution in [0.4, 0.5) is 5.69 Å². The van der Waals surface area contributed by atoms with Crippen LogP contribution in [0.15, 0.2) is 42.5 Å². The number of carbonyl (C=O) groups excluding carboxylic acids is 2. The molecule has 26 heavy (non-hydrogen) atoms. The number of nitrogens with zero attached hydrogens (tertiary/aromatic N) is 2. The maximum absolute atomic E-state index is 12.3. The lowest BCUT2D eigenvalue weighted by Crippen LogP contribution is -2.40. The van der Waals surface area contributed by atoms with Crippen molar-refractivity contribution in [3.05, 3.63) is 53.6 Å². The van der Waals surface area contributed by atoms with Gasteiger partial charge in [-0.3, -0.25) is 9.59 Å². The minimum atomic E-state index is -0.328. The molecule has 1 heterocycles. The Morgan fingerprint density at radius 2 is 1.96 bits per heavy atom. The summed E-state index contributed by atoms with van der Waals surface area (Å²) in [5.74, 6) is 0.678. The van der Waals surface area contributed by atoms with E-state index in [0.717, 1.165) is 5.56 Å². The van der Waals surface area contributed by atoms with E-state index in [1.165, 1.54) is 11.8 Å². The Balaban J connectivity index is 1.65. The predicted octanol–water partition coefficient (Wildman–Crippen LogP) is 1.96. The van der Waals surface area contributed by atoms with E-state index in [-0.39, 0.29) is 25.2 Å². The molecule has 0 saturated heterocycles. The summed E-state index contributed by atoms with van der Waals surface area (Å²) in [6.45, 7) is 1.68. The maximum atomic E-state index is 12.3. The Morgan fingerprint density at radius 3 is 2.73 bits per heavy atom. The van der Waals surface area contributed by atoms with Gasteiger partial charge in [0, 0.05) is 13.5 Å². The van der Waals surface area contributed by atoms with Gasteiger partial charge in [0.05, 0.1) is 11.3 Å². The Hall–Kier alpha value is -3.53. The molecule has 3 rings (SSSR count). The van der Waals surface area contributed by atoms with Crippen molar-refractivity contribution >= 4 is 17.5 Å². The summed E-state index contributed by atoms with van der Waals surface area (Å²) in [4.78, 5) is 25.5. The van der Waals surface area contributed by atoms with Crippen molar-refractivity contribution in [2.45, 2.75) is 13.5 Å². The smallest absolute Gasteiger partial charge is 0.240 e. The van der Waals surface area contributed by atoms with Crippen molar-refractivity contribution in [1.82, 2.24) is 5.32 Å². The van der Waals surface area contributed by atoms with Crippen molar-refractivity contribution in [1.29, 1.82) is 5.26 Å². The second-order valence-electron chi connectivity index (χ2n) is 5.70. The average molecular weight is 351 g/mol. The van der Waals surface area contributed by atoms with Gasteiger partial charge in [-0.2, -0.15) is 5.26 Å². The zero-order valence-electron chi connectivity index (χ0n) is 14.2. The molecule has 0 aromatic heterocycles. The standard InChI is InChI=1S/C19H17N3O4/c1-13(23)22(16-5-3-2-4-15(16)9-20)11-19(24)21-10-14-6-7-17-18(8-14)26-12-25-17/h2-8H,10-12H2,1H3,(H,21,24). The summed E-state index contributed by atoms with van der Waals surface area (Å²) in [6, 6.07) is 14.1. The van der Waals surface area contributed by atoms with Crippen LogP contribution in [0, 0.1) is 11.3 Å². The van der Waals surface area contributed by atoms with Crippen molar-refractivity contribution in [2.75, 3.05) is 18.2 Å². The fourth-order valence-corrected chi connectivity index (χ4v) is 2.62. The number of carbonyl (C=O) groups is 2. The van der Waals surface area contributed by atoms with Gasteiger partial charge >= 0.3 is 0 Å². The van der Waals surface area contributed by atoms with Gasteiger partial charge in [0.25, 0.3) is 0 Å². The quantitative estimate of drug-likeness (QED) is 0.889. The minimum absolute atomic E-state index is 0.168. The molecule has 0 saturated carbocycles. The number of amides is 2. The number of benzene rings is 2. The van der Waals surface area contributed by atoms with Crippen LogP contribution >= 0.6 is 0 Å². The molecule has 7 nitrogen and oxygen atoms in total. The van der Waals surface area contributed by atoms with E-state index in [9.17, 15) is 14.9 Å². The fraction of sp³-hybridized carbons (Fsp3) is 0.211. The number of nitriles is 1. The number of para-hydroxylation sites is 1. The zero-order chi connectivity index (χ0) is 18.5. The van der Waals surface area contributed by atoms with Gasteiger partial charge in [-0.1, -0.05) is 18.2 Å². The second-order valence-corrected chi connectivity index (χ2v) is 5.70. The molecular formula is C19H17N3O4. The van der Waals surface area contributed by atoms with E-state index in [1.807, 2.05) is 12.1 Å². The van der Waals surface area contributed by atoms with Gasteiger partial charge in [0.2, 0.25) is 18.6 Å². The van der Waals surface area contributed by atoms with Crippen LogP contribution in [-0.4, -0.2) is 25.2 Å². The molecule has 0 radical (unpaired) electrons. The summed E-state index contributed by atoms with van der Waals surface area (Å²) < 4.78 is 10.6. The number of fused-ring (bicyclic) bond motifs is 1. The number of hydrogen-bond acceptors (Lipinski definition) is 5. The van der Waals surface area contributed by atoms with E-state index in [4.69, 9.17) is 9.47 Å². The van der Waals surface area contributed by atoms with Crippen molar-refractivity contribution in [2.24, 2.45) is 0 Å². The Bertz CT molecular complexity index is 889.